The van der Waals surface area contributed by atoms with E-state index in [9.17, 15) is 43.2 Å². The molecule has 0 radical (unpaired) electrons. The molecule has 0 aliphatic rings. The van der Waals surface area contributed by atoms with E-state index in [1.165, 1.54) is 135 Å². The lowest BCUT2D eigenvalue weighted by molar-refractivity contribution is -0.161. The Morgan fingerprint density at radius 1 is 0.337 bits per heavy atom. The molecular formula is C64H124O17P2. The Labute approximate surface area is 505 Å². The van der Waals surface area contributed by atoms with Crippen molar-refractivity contribution in [1.29, 1.82) is 0 Å². The summed E-state index contributed by atoms with van der Waals surface area (Å²) in [7, 11) is -9.87. The van der Waals surface area contributed by atoms with Crippen LogP contribution in [0.5, 0.6) is 0 Å². The lowest BCUT2D eigenvalue weighted by atomic mass is 9.99. The summed E-state index contributed by atoms with van der Waals surface area (Å²) in [4.78, 5) is 71.9. The number of carbonyl (C=O) groups excluding carboxylic acids is 4. The topological polar surface area (TPSA) is 237 Å². The standard InChI is InChI=1S/C64H124O17P2/c1-6-10-13-16-18-20-21-27-30-34-38-43-48-62(67)75-54-60(81-64(69)50-45-40-35-31-28-25-23-22-24-26-29-32-37-41-46-57(5)9-4)56-79-83(72,73)77-52-58(65)51-76-82(70,71)78-55-59(53-74-61(66)47-42-36-15-12-8-3)80-63(68)49-44-39-33-19-17-14-11-7-2/h57-60,65H,6-56H2,1-5H3,(H,70,71)(H,72,73)/t57?,58-,59+,60+/m0/s1. The third-order valence-electron chi connectivity index (χ3n) is 15.1. The van der Waals surface area contributed by atoms with Crippen molar-refractivity contribution in [2.24, 2.45) is 5.92 Å². The molecule has 17 nitrogen and oxygen atoms in total. The summed E-state index contributed by atoms with van der Waals surface area (Å²) in [6, 6.07) is 0. The van der Waals surface area contributed by atoms with Crippen LogP contribution in [0.2, 0.25) is 0 Å². The third-order valence-corrected chi connectivity index (χ3v) is 17.0. The zero-order valence-corrected chi connectivity index (χ0v) is 55.1. The van der Waals surface area contributed by atoms with Gasteiger partial charge in [-0.3, -0.25) is 37.3 Å². The zero-order chi connectivity index (χ0) is 61.3. The Morgan fingerprint density at radius 2 is 0.578 bits per heavy atom. The fourth-order valence-corrected chi connectivity index (χ4v) is 11.1. The molecule has 0 bridgehead atoms. The maximum Gasteiger partial charge on any atom is 0.472 e. The van der Waals surface area contributed by atoms with Crippen LogP contribution in [-0.2, 0) is 65.4 Å². The van der Waals surface area contributed by atoms with Crippen LogP contribution in [-0.4, -0.2) is 96.7 Å². The summed E-state index contributed by atoms with van der Waals surface area (Å²) >= 11 is 0. The van der Waals surface area contributed by atoms with Gasteiger partial charge in [0.15, 0.2) is 12.2 Å². The maximum absolute atomic E-state index is 13.0. The van der Waals surface area contributed by atoms with Gasteiger partial charge >= 0.3 is 39.5 Å². The first-order valence-electron chi connectivity index (χ1n) is 33.7. The van der Waals surface area contributed by atoms with Crippen LogP contribution in [0, 0.1) is 5.92 Å². The van der Waals surface area contributed by atoms with Gasteiger partial charge in [0.05, 0.1) is 26.4 Å². The SMILES string of the molecule is CCCCCCCCCCCCCCC(=O)OC[C@H](COP(=O)(O)OC[C@@H](O)COP(=O)(O)OC[C@@H](COC(=O)CCCCCCC)OC(=O)CCCCCCCCCC)OC(=O)CCCCCCCCCCCCCCCCC(C)CC. The van der Waals surface area contributed by atoms with Gasteiger partial charge in [-0.25, -0.2) is 9.13 Å². The highest BCUT2D eigenvalue weighted by molar-refractivity contribution is 7.47. The Bertz CT molecular complexity index is 1620. The molecule has 3 unspecified atom stereocenters. The van der Waals surface area contributed by atoms with E-state index in [1.807, 2.05) is 0 Å². The minimum absolute atomic E-state index is 0.104. The minimum atomic E-state index is -4.94. The van der Waals surface area contributed by atoms with Crippen molar-refractivity contribution in [3.05, 3.63) is 0 Å². The van der Waals surface area contributed by atoms with E-state index >= 15 is 0 Å². The van der Waals surface area contributed by atoms with E-state index in [0.717, 1.165) is 109 Å². The van der Waals surface area contributed by atoms with E-state index in [4.69, 9.17) is 37.0 Å². The molecule has 492 valence electrons. The predicted octanol–water partition coefficient (Wildman–Crippen LogP) is 17.8. The number of ether oxygens (including phenoxy) is 4. The van der Waals surface area contributed by atoms with Crippen molar-refractivity contribution in [3.63, 3.8) is 0 Å². The zero-order valence-electron chi connectivity index (χ0n) is 53.3. The number of rotatable bonds is 64. The molecule has 0 saturated carbocycles. The number of aliphatic hydroxyl groups excluding tert-OH is 1. The molecule has 19 heteroatoms. The number of aliphatic hydroxyl groups is 1. The molecule has 6 atom stereocenters. The fourth-order valence-electron chi connectivity index (χ4n) is 9.55. The van der Waals surface area contributed by atoms with E-state index in [1.54, 1.807) is 0 Å². The lowest BCUT2D eigenvalue weighted by Crippen LogP contribution is -2.30. The predicted molar refractivity (Wildman–Crippen MR) is 331 cm³/mol. The van der Waals surface area contributed by atoms with E-state index in [-0.39, 0.29) is 25.7 Å². The van der Waals surface area contributed by atoms with Crippen LogP contribution in [0.15, 0.2) is 0 Å². The summed E-state index contributed by atoms with van der Waals surface area (Å²) in [6.07, 6.45) is 42.0. The molecule has 0 aromatic rings. The van der Waals surface area contributed by atoms with Crippen LogP contribution in [0.25, 0.3) is 0 Å². The van der Waals surface area contributed by atoms with Gasteiger partial charge in [0.2, 0.25) is 0 Å². The van der Waals surface area contributed by atoms with Crippen molar-refractivity contribution in [2.45, 2.75) is 342 Å². The van der Waals surface area contributed by atoms with E-state index in [2.05, 4.69) is 34.6 Å². The van der Waals surface area contributed by atoms with Crippen molar-refractivity contribution in [2.75, 3.05) is 39.6 Å². The Balaban J connectivity index is 5.13. The molecule has 0 saturated heterocycles. The van der Waals surface area contributed by atoms with Gasteiger partial charge in [-0.15, -0.1) is 0 Å². The van der Waals surface area contributed by atoms with Crippen molar-refractivity contribution in [1.82, 2.24) is 0 Å². The summed E-state index contributed by atoms with van der Waals surface area (Å²) in [6.45, 7) is 7.14. The molecule has 0 fully saturated rings. The monoisotopic (exact) mass is 1230 g/mol. The summed E-state index contributed by atoms with van der Waals surface area (Å²) < 4.78 is 67.7. The summed E-state index contributed by atoms with van der Waals surface area (Å²) in [5, 5.41) is 10.5. The maximum atomic E-state index is 13.0. The van der Waals surface area contributed by atoms with Crippen LogP contribution in [0.1, 0.15) is 324 Å². The van der Waals surface area contributed by atoms with Crippen LogP contribution < -0.4 is 0 Å². The second kappa shape index (κ2) is 57.8. The first kappa shape index (κ1) is 81.1. The molecule has 0 aromatic heterocycles. The Morgan fingerprint density at radius 3 is 0.855 bits per heavy atom. The molecular weight excluding hydrogens is 1100 g/mol. The third kappa shape index (κ3) is 57.6. The number of phosphoric acid groups is 2. The molecule has 0 aliphatic carbocycles. The summed E-state index contributed by atoms with van der Waals surface area (Å²) in [5.41, 5.74) is 0. The Hall–Kier alpha value is -1.94. The number of hydrogen-bond acceptors (Lipinski definition) is 15. The highest BCUT2D eigenvalue weighted by Gasteiger charge is 2.30. The minimum Gasteiger partial charge on any atom is -0.462 e. The van der Waals surface area contributed by atoms with Crippen molar-refractivity contribution < 1.29 is 80.2 Å². The fraction of sp³-hybridized carbons (Fsp3) is 0.938. The highest BCUT2D eigenvalue weighted by atomic mass is 31.2. The quantitative estimate of drug-likeness (QED) is 0.0222. The second-order valence-corrected chi connectivity index (χ2v) is 26.3. The van der Waals surface area contributed by atoms with Crippen LogP contribution in [0.4, 0.5) is 0 Å². The molecule has 0 heterocycles. The summed E-state index contributed by atoms with van der Waals surface area (Å²) in [5.74, 6) is -1.30. The normalized spacial score (nSPS) is 14.6. The van der Waals surface area contributed by atoms with Gasteiger partial charge in [0, 0.05) is 25.7 Å². The average molecular weight is 1230 g/mol. The second-order valence-electron chi connectivity index (χ2n) is 23.4. The van der Waals surface area contributed by atoms with Gasteiger partial charge in [-0.2, -0.15) is 0 Å². The first-order valence-corrected chi connectivity index (χ1v) is 36.7. The highest BCUT2D eigenvalue weighted by Crippen LogP contribution is 2.45. The van der Waals surface area contributed by atoms with Gasteiger partial charge in [0.25, 0.3) is 0 Å². The number of carbonyl (C=O) groups is 4. The van der Waals surface area contributed by atoms with Gasteiger partial charge in [-0.1, -0.05) is 272 Å². The van der Waals surface area contributed by atoms with Gasteiger partial charge < -0.3 is 33.8 Å². The van der Waals surface area contributed by atoms with Crippen LogP contribution in [0.3, 0.4) is 0 Å². The van der Waals surface area contributed by atoms with Crippen molar-refractivity contribution in [3.8, 4) is 0 Å². The average Bonchev–Trinajstić information content (AvgIpc) is 3.51. The van der Waals surface area contributed by atoms with Gasteiger partial charge in [-0.05, 0) is 31.6 Å². The number of unbranched alkanes of at least 4 members (excludes halogenated alkanes) is 35. The number of esters is 4. The van der Waals surface area contributed by atoms with Crippen molar-refractivity contribution >= 4 is 39.5 Å². The van der Waals surface area contributed by atoms with Gasteiger partial charge in [0.1, 0.15) is 19.3 Å². The Kier molecular flexibility index (Phi) is 56.4. The smallest absolute Gasteiger partial charge is 0.462 e. The molecule has 0 aromatic carbocycles. The lowest BCUT2D eigenvalue weighted by Gasteiger charge is -2.21. The molecule has 0 rings (SSSR count). The van der Waals surface area contributed by atoms with Crippen LogP contribution >= 0.6 is 15.6 Å². The molecule has 83 heavy (non-hydrogen) atoms. The number of hydrogen-bond donors (Lipinski definition) is 3. The van der Waals surface area contributed by atoms with E-state index < -0.39 is 97.5 Å². The van der Waals surface area contributed by atoms with E-state index in [0.29, 0.717) is 25.7 Å². The molecule has 0 aliphatic heterocycles. The molecule has 0 amide bonds. The molecule has 3 N–H and O–H groups in total. The first-order chi connectivity index (χ1) is 40.1. The molecule has 0 spiro atoms. The largest absolute Gasteiger partial charge is 0.472 e. The number of phosphoric ester groups is 2.